The Balaban J connectivity index is 1.81. The summed E-state index contributed by atoms with van der Waals surface area (Å²) in [7, 11) is 0. The molecule has 2 aromatic rings. The van der Waals surface area contributed by atoms with E-state index >= 15 is 0 Å². The molecule has 0 saturated carbocycles. The van der Waals surface area contributed by atoms with Gasteiger partial charge in [-0.25, -0.2) is 9.38 Å². The first-order chi connectivity index (χ1) is 13.0. The number of hydrogen-bond acceptors (Lipinski definition) is 2. The molecule has 6 heteroatoms. The Morgan fingerprint density at radius 1 is 1.15 bits per heavy atom. The zero-order valence-corrected chi connectivity index (χ0v) is 16.4. The van der Waals surface area contributed by atoms with Crippen molar-refractivity contribution < 1.29 is 4.39 Å². The Hall–Kier alpha value is -2.63. The fourth-order valence-electron chi connectivity index (χ4n) is 2.83. The third kappa shape index (κ3) is 6.55. The number of aliphatic imine (C=N–C) groups is 1. The van der Waals surface area contributed by atoms with Crippen molar-refractivity contribution in [3.63, 3.8) is 0 Å². The van der Waals surface area contributed by atoms with E-state index in [0.717, 1.165) is 49.7 Å². The van der Waals surface area contributed by atoms with Crippen LogP contribution in [0.15, 0.2) is 46.2 Å². The number of unbranched alkanes of at least 4 members (excludes halogenated alkanes) is 1. The van der Waals surface area contributed by atoms with Crippen LogP contribution < -0.4 is 16.2 Å². The van der Waals surface area contributed by atoms with Gasteiger partial charge in [0.05, 0.1) is 6.54 Å². The zero-order chi connectivity index (χ0) is 19.6. The highest BCUT2D eigenvalue weighted by Crippen LogP contribution is 2.10. The van der Waals surface area contributed by atoms with Crippen LogP contribution in [0.3, 0.4) is 0 Å². The molecule has 0 fully saturated rings. The summed E-state index contributed by atoms with van der Waals surface area (Å²) in [6.07, 6.45) is 1.84. The molecule has 0 unspecified atom stereocenters. The standard InChI is InChI=1S/C21H29FN4O/c1-4-23-21(25-15-18-10-11-19(22)16(2)14-18)24-12-5-6-13-26-17(3)8-7-9-20(26)27/h7-11,14H,4-6,12-13,15H2,1-3H3,(H2,23,24,25). The Labute approximate surface area is 160 Å². The van der Waals surface area contributed by atoms with Crippen LogP contribution in [-0.2, 0) is 13.1 Å². The van der Waals surface area contributed by atoms with E-state index in [-0.39, 0.29) is 11.4 Å². The summed E-state index contributed by atoms with van der Waals surface area (Å²) >= 11 is 0. The van der Waals surface area contributed by atoms with Crippen LogP contribution in [0, 0.1) is 19.7 Å². The third-order valence-corrected chi connectivity index (χ3v) is 4.36. The molecule has 0 radical (unpaired) electrons. The molecule has 1 aromatic heterocycles. The molecule has 0 atom stereocenters. The van der Waals surface area contributed by atoms with Gasteiger partial charge in [0.25, 0.3) is 5.56 Å². The number of benzene rings is 1. The molecule has 27 heavy (non-hydrogen) atoms. The largest absolute Gasteiger partial charge is 0.357 e. The number of guanidine groups is 1. The highest BCUT2D eigenvalue weighted by molar-refractivity contribution is 5.79. The van der Waals surface area contributed by atoms with Crippen molar-refractivity contribution in [1.82, 2.24) is 15.2 Å². The van der Waals surface area contributed by atoms with Gasteiger partial charge in [-0.15, -0.1) is 0 Å². The number of rotatable bonds is 8. The fourth-order valence-corrected chi connectivity index (χ4v) is 2.83. The first-order valence-electron chi connectivity index (χ1n) is 9.45. The van der Waals surface area contributed by atoms with Gasteiger partial charge in [0.2, 0.25) is 0 Å². The summed E-state index contributed by atoms with van der Waals surface area (Å²) in [4.78, 5) is 16.4. The van der Waals surface area contributed by atoms with Gasteiger partial charge in [-0.2, -0.15) is 0 Å². The molecule has 2 rings (SSSR count). The first-order valence-corrected chi connectivity index (χ1v) is 9.45. The lowest BCUT2D eigenvalue weighted by Gasteiger charge is -2.12. The van der Waals surface area contributed by atoms with Gasteiger partial charge in [0.1, 0.15) is 5.82 Å². The zero-order valence-electron chi connectivity index (χ0n) is 16.4. The van der Waals surface area contributed by atoms with Crippen molar-refractivity contribution in [1.29, 1.82) is 0 Å². The maximum absolute atomic E-state index is 13.3. The number of aromatic nitrogens is 1. The number of hydrogen-bond donors (Lipinski definition) is 2. The molecule has 0 spiro atoms. The van der Waals surface area contributed by atoms with Crippen molar-refractivity contribution >= 4 is 5.96 Å². The van der Waals surface area contributed by atoms with Crippen LogP contribution in [-0.4, -0.2) is 23.6 Å². The highest BCUT2D eigenvalue weighted by atomic mass is 19.1. The molecule has 0 bridgehead atoms. The highest BCUT2D eigenvalue weighted by Gasteiger charge is 2.02. The van der Waals surface area contributed by atoms with Crippen LogP contribution in [0.25, 0.3) is 0 Å². The van der Waals surface area contributed by atoms with Gasteiger partial charge in [-0.3, -0.25) is 4.79 Å². The minimum atomic E-state index is -0.194. The Kier molecular flexibility index (Phi) is 8.04. The van der Waals surface area contributed by atoms with E-state index in [4.69, 9.17) is 0 Å². The van der Waals surface area contributed by atoms with E-state index < -0.39 is 0 Å². The topological polar surface area (TPSA) is 58.4 Å². The Bertz CT molecular complexity index is 829. The van der Waals surface area contributed by atoms with Crippen molar-refractivity contribution in [3.05, 3.63) is 69.4 Å². The third-order valence-electron chi connectivity index (χ3n) is 4.36. The van der Waals surface area contributed by atoms with E-state index in [0.29, 0.717) is 12.1 Å². The molecule has 1 heterocycles. The molecular weight excluding hydrogens is 343 g/mol. The van der Waals surface area contributed by atoms with Gasteiger partial charge in [0, 0.05) is 31.4 Å². The lowest BCUT2D eigenvalue weighted by molar-refractivity contribution is 0.575. The second-order valence-corrected chi connectivity index (χ2v) is 6.57. The van der Waals surface area contributed by atoms with E-state index in [9.17, 15) is 9.18 Å². The molecular formula is C21H29FN4O. The monoisotopic (exact) mass is 372 g/mol. The van der Waals surface area contributed by atoms with Crippen LogP contribution in [0.1, 0.15) is 36.6 Å². The number of aryl methyl sites for hydroxylation is 2. The summed E-state index contributed by atoms with van der Waals surface area (Å²) in [5.41, 5.74) is 2.64. The molecule has 146 valence electrons. The molecule has 0 aliphatic rings. The molecule has 0 amide bonds. The molecule has 0 saturated heterocycles. The van der Waals surface area contributed by atoms with Crippen molar-refractivity contribution in [3.8, 4) is 0 Å². The predicted octanol–water partition coefficient (Wildman–Crippen LogP) is 3.14. The van der Waals surface area contributed by atoms with E-state index in [1.807, 2.05) is 26.0 Å². The second-order valence-electron chi connectivity index (χ2n) is 6.57. The minimum absolute atomic E-state index is 0.0486. The van der Waals surface area contributed by atoms with Gasteiger partial charge in [-0.05, 0) is 56.9 Å². The molecule has 1 aromatic carbocycles. The minimum Gasteiger partial charge on any atom is -0.357 e. The first kappa shape index (κ1) is 20.7. The summed E-state index contributed by atoms with van der Waals surface area (Å²) in [6.45, 7) is 8.48. The van der Waals surface area contributed by atoms with E-state index in [2.05, 4.69) is 15.6 Å². The van der Waals surface area contributed by atoms with E-state index in [1.165, 1.54) is 6.07 Å². The summed E-state index contributed by atoms with van der Waals surface area (Å²) < 4.78 is 15.1. The van der Waals surface area contributed by atoms with Gasteiger partial charge < -0.3 is 15.2 Å². The SMILES string of the molecule is CCNC(=NCc1ccc(F)c(C)c1)NCCCCn1c(C)cccc1=O. The van der Waals surface area contributed by atoms with Gasteiger partial charge >= 0.3 is 0 Å². The smallest absolute Gasteiger partial charge is 0.250 e. The molecule has 2 N–H and O–H groups in total. The lowest BCUT2D eigenvalue weighted by Crippen LogP contribution is -2.37. The van der Waals surface area contributed by atoms with Crippen molar-refractivity contribution in [2.24, 2.45) is 4.99 Å². The molecule has 5 nitrogen and oxygen atoms in total. The lowest BCUT2D eigenvalue weighted by atomic mass is 10.1. The number of nitrogens with one attached hydrogen (secondary N) is 2. The van der Waals surface area contributed by atoms with Gasteiger partial charge in [0.15, 0.2) is 5.96 Å². The summed E-state index contributed by atoms with van der Waals surface area (Å²) in [5.74, 6) is 0.549. The fraction of sp³-hybridized carbons (Fsp3) is 0.429. The average molecular weight is 372 g/mol. The Morgan fingerprint density at radius 3 is 2.67 bits per heavy atom. The van der Waals surface area contributed by atoms with Gasteiger partial charge in [-0.1, -0.05) is 18.2 Å². The molecule has 0 aliphatic carbocycles. The second kappa shape index (κ2) is 10.5. The number of halogens is 1. The van der Waals surface area contributed by atoms with Crippen molar-refractivity contribution in [2.75, 3.05) is 13.1 Å². The number of nitrogens with zero attached hydrogens (tertiary/aromatic N) is 2. The van der Waals surface area contributed by atoms with Crippen LogP contribution in [0.5, 0.6) is 0 Å². The maximum Gasteiger partial charge on any atom is 0.250 e. The molecule has 0 aliphatic heterocycles. The maximum atomic E-state index is 13.3. The predicted molar refractivity (Wildman–Crippen MR) is 109 cm³/mol. The van der Waals surface area contributed by atoms with Crippen molar-refractivity contribution in [2.45, 2.75) is 46.7 Å². The van der Waals surface area contributed by atoms with Crippen LogP contribution >= 0.6 is 0 Å². The normalized spacial score (nSPS) is 11.5. The quantitative estimate of drug-likeness (QED) is 0.425. The van der Waals surface area contributed by atoms with Crippen LogP contribution in [0.4, 0.5) is 4.39 Å². The average Bonchev–Trinajstić information content (AvgIpc) is 2.64. The van der Waals surface area contributed by atoms with E-state index in [1.54, 1.807) is 29.7 Å². The summed E-state index contributed by atoms with van der Waals surface area (Å²) in [6, 6.07) is 10.4. The number of pyridine rings is 1. The summed E-state index contributed by atoms with van der Waals surface area (Å²) in [5, 5.41) is 6.53. The van der Waals surface area contributed by atoms with Crippen LogP contribution in [0.2, 0.25) is 0 Å². The Morgan fingerprint density at radius 2 is 1.96 bits per heavy atom.